The van der Waals surface area contributed by atoms with E-state index in [1.807, 2.05) is 24.3 Å². The van der Waals surface area contributed by atoms with Crippen molar-refractivity contribution in [1.82, 2.24) is 10.2 Å². The van der Waals surface area contributed by atoms with Crippen LogP contribution in [0.25, 0.3) is 0 Å². The van der Waals surface area contributed by atoms with Crippen LogP contribution in [-0.2, 0) is 16.1 Å². The van der Waals surface area contributed by atoms with Crippen LogP contribution in [0.1, 0.15) is 5.56 Å². The molecule has 1 aliphatic carbocycles. The Balaban J connectivity index is 1.64. The van der Waals surface area contributed by atoms with E-state index in [1.54, 1.807) is 31.4 Å². The molecule has 0 saturated carbocycles. The Morgan fingerprint density at radius 3 is 2.96 bits per heavy atom. The highest BCUT2D eigenvalue weighted by molar-refractivity contribution is 7.80. The van der Waals surface area contributed by atoms with Crippen LogP contribution in [0.2, 0.25) is 0 Å². The zero-order chi connectivity index (χ0) is 17.8. The number of hydrogen-bond donors (Lipinski definition) is 1. The highest BCUT2D eigenvalue weighted by Gasteiger charge is 2.34. The molecular formula is C18H17N3O3S. The quantitative estimate of drug-likeness (QED) is 0.815. The van der Waals surface area contributed by atoms with Gasteiger partial charge in [-0.05, 0) is 24.4 Å². The van der Waals surface area contributed by atoms with Crippen LogP contribution >= 0.6 is 12.2 Å². The van der Waals surface area contributed by atoms with Gasteiger partial charge in [-0.2, -0.15) is 0 Å². The summed E-state index contributed by atoms with van der Waals surface area (Å²) in [7, 11) is 1.58. The number of amides is 2. The van der Waals surface area contributed by atoms with Crippen molar-refractivity contribution in [1.29, 1.82) is 0 Å². The summed E-state index contributed by atoms with van der Waals surface area (Å²) in [4.78, 5) is 30.3. The lowest BCUT2D eigenvalue weighted by Crippen LogP contribution is -2.49. The molecule has 0 fully saturated rings. The molecule has 1 aliphatic heterocycles. The number of carbonyl (C=O) groups excluding carboxylic acids is 2. The Hall–Kier alpha value is -2.80. The molecule has 3 rings (SSSR count). The van der Waals surface area contributed by atoms with Crippen LogP contribution in [-0.4, -0.2) is 41.2 Å². The van der Waals surface area contributed by atoms with Gasteiger partial charge in [0.05, 0.1) is 18.7 Å². The monoisotopic (exact) mass is 355 g/mol. The van der Waals surface area contributed by atoms with Crippen molar-refractivity contribution in [3.05, 3.63) is 54.1 Å². The number of hydrogen-bond acceptors (Lipinski definition) is 4. The molecule has 1 aromatic rings. The molecule has 1 atom stereocenters. The third-order valence-corrected chi connectivity index (χ3v) is 4.27. The van der Waals surface area contributed by atoms with Crippen molar-refractivity contribution < 1.29 is 14.3 Å². The minimum Gasteiger partial charge on any atom is -0.496 e. The lowest BCUT2D eigenvalue weighted by molar-refractivity contribution is -0.133. The van der Waals surface area contributed by atoms with E-state index in [2.05, 4.69) is 10.3 Å². The van der Waals surface area contributed by atoms with Gasteiger partial charge in [0.2, 0.25) is 16.9 Å². The summed E-state index contributed by atoms with van der Waals surface area (Å²) >= 11 is 5.17. The summed E-state index contributed by atoms with van der Waals surface area (Å²) in [6.45, 7) is 0.149. The summed E-state index contributed by atoms with van der Waals surface area (Å²) < 4.78 is 5.25. The van der Waals surface area contributed by atoms with Crippen LogP contribution in [0, 0.1) is 5.92 Å². The van der Waals surface area contributed by atoms with Gasteiger partial charge in [0.15, 0.2) is 0 Å². The van der Waals surface area contributed by atoms with E-state index >= 15 is 0 Å². The first-order valence-corrected chi connectivity index (χ1v) is 8.18. The summed E-state index contributed by atoms with van der Waals surface area (Å²) in [5.74, 6) is -0.321. The number of aliphatic imine (C=N–C) groups is 1. The zero-order valence-electron chi connectivity index (χ0n) is 13.6. The first-order valence-electron chi connectivity index (χ1n) is 7.77. The Morgan fingerprint density at radius 1 is 1.36 bits per heavy atom. The van der Waals surface area contributed by atoms with Crippen LogP contribution in [0.5, 0.6) is 5.75 Å². The predicted octanol–water partition coefficient (Wildman–Crippen LogP) is 1.62. The van der Waals surface area contributed by atoms with Crippen molar-refractivity contribution in [2.24, 2.45) is 10.9 Å². The van der Waals surface area contributed by atoms with E-state index in [-0.39, 0.29) is 23.5 Å². The highest BCUT2D eigenvalue weighted by atomic mass is 32.1. The number of methoxy groups -OCH3 is 1. The van der Waals surface area contributed by atoms with Gasteiger partial charge in [0.1, 0.15) is 12.3 Å². The molecule has 0 radical (unpaired) electrons. The van der Waals surface area contributed by atoms with E-state index < -0.39 is 5.92 Å². The minimum absolute atomic E-state index is 0.114. The predicted molar refractivity (Wildman–Crippen MR) is 98.4 cm³/mol. The van der Waals surface area contributed by atoms with Gasteiger partial charge in [-0.1, -0.05) is 36.4 Å². The number of nitrogens with zero attached hydrogens (tertiary/aromatic N) is 2. The molecule has 2 amide bonds. The summed E-state index contributed by atoms with van der Waals surface area (Å²) in [5, 5.41) is 2.90. The van der Waals surface area contributed by atoms with Gasteiger partial charge in [-0.3, -0.25) is 14.5 Å². The van der Waals surface area contributed by atoms with Gasteiger partial charge in [-0.25, -0.2) is 4.99 Å². The van der Waals surface area contributed by atoms with E-state index in [0.29, 0.717) is 18.0 Å². The van der Waals surface area contributed by atoms with E-state index in [4.69, 9.17) is 17.0 Å². The second-order valence-corrected chi connectivity index (χ2v) is 5.92. The number of fused-ring (bicyclic) bond motifs is 1. The molecule has 1 heterocycles. The number of rotatable bonds is 5. The SMILES string of the molecule is COc1ccccc1CNC(=O)CN1C(=O)C2C=CC=CC2=NC1=S. The Kier molecular flexibility index (Phi) is 5.04. The van der Waals surface area contributed by atoms with E-state index in [9.17, 15) is 9.59 Å². The molecule has 0 bridgehead atoms. The van der Waals surface area contributed by atoms with Gasteiger partial charge in [0, 0.05) is 12.1 Å². The summed E-state index contributed by atoms with van der Waals surface area (Å²) in [5.41, 5.74) is 1.47. The maximum Gasteiger partial charge on any atom is 0.242 e. The molecule has 1 unspecified atom stereocenters. The molecule has 1 N–H and O–H groups in total. The molecule has 7 heteroatoms. The number of carbonyl (C=O) groups is 2. The first-order chi connectivity index (χ1) is 12.1. The fourth-order valence-electron chi connectivity index (χ4n) is 2.67. The van der Waals surface area contributed by atoms with E-state index in [1.165, 1.54) is 4.90 Å². The van der Waals surface area contributed by atoms with Crippen molar-refractivity contribution in [2.45, 2.75) is 6.54 Å². The van der Waals surface area contributed by atoms with Crippen LogP contribution in [0.4, 0.5) is 0 Å². The van der Waals surface area contributed by atoms with Gasteiger partial charge in [0.25, 0.3) is 0 Å². The molecule has 128 valence electrons. The standard InChI is InChI=1S/C18H17N3O3S/c1-24-15-9-5-2-6-12(15)10-19-16(22)11-21-17(23)13-7-3-4-8-14(13)20-18(21)25/h2-9,13H,10-11H2,1H3,(H,19,22). The molecule has 0 saturated heterocycles. The maximum absolute atomic E-state index is 12.6. The number of ether oxygens (including phenoxy) is 1. The largest absolute Gasteiger partial charge is 0.496 e. The molecule has 6 nitrogen and oxygen atoms in total. The fraction of sp³-hybridized carbons (Fsp3) is 0.222. The highest BCUT2D eigenvalue weighted by Crippen LogP contribution is 2.20. The van der Waals surface area contributed by atoms with Crippen LogP contribution in [0.15, 0.2) is 53.6 Å². The van der Waals surface area contributed by atoms with Gasteiger partial charge < -0.3 is 10.1 Å². The van der Waals surface area contributed by atoms with Gasteiger partial charge in [-0.15, -0.1) is 0 Å². The third kappa shape index (κ3) is 3.66. The lowest BCUT2D eigenvalue weighted by Gasteiger charge is -2.29. The molecular weight excluding hydrogens is 338 g/mol. The second-order valence-electron chi connectivity index (χ2n) is 5.55. The topological polar surface area (TPSA) is 71.0 Å². The third-order valence-electron chi connectivity index (χ3n) is 3.96. The normalized spacial score (nSPS) is 18.7. The first kappa shape index (κ1) is 17.0. The Morgan fingerprint density at radius 2 is 2.16 bits per heavy atom. The second kappa shape index (κ2) is 7.40. The lowest BCUT2D eigenvalue weighted by atomic mass is 9.95. The van der Waals surface area contributed by atoms with Crippen LogP contribution in [0.3, 0.4) is 0 Å². The van der Waals surface area contributed by atoms with Crippen molar-refractivity contribution in [3.8, 4) is 5.75 Å². The minimum atomic E-state index is -0.473. The molecule has 1 aromatic carbocycles. The van der Waals surface area contributed by atoms with Gasteiger partial charge >= 0.3 is 0 Å². The number of thiocarbonyl (C=S) groups is 1. The molecule has 0 aromatic heterocycles. The molecule has 0 spiro atoms. The summed E-state index contributed by atoms with van der Waals surface area (Å²) in [6.07, 6.45) is 7.10. The maximum atomic E-state index is 12.6. The van der Waals surface area contributed by atoms with Crippen molar-refractivity contribution in [2.75, 3.05) is 13.7 Å². The summed E-state index contributed by atoms with van der Waals surface area (Å²) in [6, 6.07) is 7.42. The average Bonchev–Trinajstić information content (AvgIpc) is 2.63. The fourth-order valence-corrected chi connectivity index (χ4v) is 2.93. The zero-order valence-corrected chi connectivity index (χ0v) is 14.5. The van der Waals surface area contributed by atoms with Crippen LogP contribution < -0.4 is 10.1 Å². The van der Waals surface area contributed by atoms with E-state index in [0.717, 1.165) is 5.56 Å². The number of para-hydroxylation sites is 1. The Bertz CT molecular complexity index is 814. The Labute approximate surface area is 150 Å². The number of allylic oxidation sites excluding steroid dienone is 3. The number of nitrogens with one attached hydrogen (secondary N) is 1. The van der Waals surface area contributed by atoms with Crippen molar-refractivity contribution in [3.63, 3.8) is 0 Å². The molecule has 25 heavy (non-hydrogen) atoms. The molecule has 2 aliphatic rings. The average molecular weight is 355 g/mol. The van der Waals surface area contributed by atoms with Crippen molar-refractivity contribution >= 4 is 34.9 Å². The number of benzene rings is 1. The smallest absolute Gasteiger partial charge is 0.242 e.